The highest BCUT2D eigenvalue weighted by atomic mass is 15.4. The monoisotopic (exact) mass is 230 g/mol. The second kappa shape index (κ2) is 4.67. The Balaban J connectivity index is 2.22. The Labute approximate surface area is 101 Å². The Morgan fingerprint density at radius 3 is 2.18 bits per heavy atom. The van der Waals surface area contributed by atoms with Gasteiger partial charge in [0.15, 0.2) is 0 Å². The van der Waals surface area contributed by atoms with E-state index in [1.807, 2.05) is 13.2 Å². The molecule has 0 spiro atoms. The molecule has 90 valence electrons. The van der Waals surface area contributed by atoms with Crippen molar-refractivity contribution in [2.24, 2.45) is 12.8 Å². The average Bonchev–Trinajstić information content (AvgIpc) is 2.75. The van der Waals surface area contributed by atoms with E-state index in [2.05, 4.69) is 48.4 Å². The van der Waals surface area contributed by atoms with Gasteiger partial charge in [0, 0.05) is 7.05 Å². The Morgan fingerprint density at radius 2 is 1.71 bits per heavy atom. The molecule has 0 saturated carbocycles. The van der Waals surface area contributed by atoms with Gasteiger partial charge >= 0.3 is 0 Å². The van der Waals surface area contributed by atoms with Crippen molar-refractivity contribution in [3.05, 3.63) is 47.3 Å². The van der Waals surface area contributed by atoms with Crippen LogP contribution in [0.2, 0.25) is 0 Å². The molecule has 1 aromatic heterocycles. The fraction of sp³-hybridized carbons (Fsp3) is 0.385. The van der Waals surface area contributed by atoms with Crippen LogP contribution in [-0.2, 0) is 7.05 Å². The molecular formula is C13H18N4. The van der Waals surface area contributed by atoms with Crippen molar-refractivity contribution >= 4 is 0 Å². The van der Waals surface area contributed by atoms with Gasteiger partial charge in [-0.05, 0) is 17.0 Å². The van der Waals surface area contributed by atoms with Crippen LogP contribution in [0.15, 0.2) is 30.5 Å². The normalized spacial score (nSPS) is 13.0. The van der Waals surface area contributed by atoms with Gasteiger partial charge in [-0.1, -0.05) is 43.3 Å². The topological polar surface area (TPSA) is 56.7 Å². The SMILES string of the molecule is CC(C)c1ccc(C(N)c2cn(C)nn2)cc1. The second-order valence-electron chi connectivity index (χ2n) is 4.62. The van der Waals surface area contributed by atoms with E-state index in [1.54, 1.807) is 4.68 Å². The van der Waals surface area contributed by atoms with Crippen LogP contribution in [0, 0.1) is 0 Å². The molecule has 2 aromatic rings. The number of nitrogens with two attached hydrogens (primary N) is 1. The summed E-state index contributed by atoms with van der Waals surface area (Å²) in [5.74, 6) is 0.539. The zero-order valence-electron chi connectivity index (χ0n) is 10.5. The number of aryl methyl sites for hydroxylation is 1. The van der Waals surface area contributed by atoms with E-state index in [4.69, 9.17) is 5.73 Å². The van der Waals surface area contributed by atoms with Crippen LogP contribution in [-0.4, -0.2) is 15.0 Å². The fourth-order valence-corrected chi connectivity index (χ4v) is 1.77. The second-order valence-corrected chi connectivity index (χ2v) is 4.62. The van der Waals surface area contributed by atoms with Crippen LogP contribution in [0.25, 0.3) is 0 Å². The van der Waals surface area contributed by atoms with Gasteiger partial charge < -0.3 is 5.73 Å². The van der Waals surface area contributed by atoms with Crippen molar-refractivity contribution in [2.45, 2.75) is 25.8 Å². The lowest BCUT2D eigenvalue weighted by molar-refractivity contribution is 0.710. The summed E-state index contributed by atoms with van der Waals surface area (Å²) >= 11 is 0. The Morgan fingerprint density at radius 1 is 1.12 bits per heavy atom. The van der Waals surface area contributed by atoms with E-state index in [0.29, 0.717) is 5.92 Å². The average molecular weight is 230 g/mol. The van der Waals surface area contributed by atoms with Gasteiger partial charge in [-0.3, -0.25) is 4.68 Å². The molecule has 0 aliphatic carbocycles. The number of benzene rings is 1. The molecular weight excluding hydrogens is 212 g/mol. The molecule has 1 unspecified atom stereocenters. The molecule has 0 saturated heterocycles. The summed E-state index contributed by atoms with van der Waals surface area (Å²) in [6.07, 6.45) is 1.85. The van der Waals surface area contributed by atoms with Crippen LogP contribution in [0.3, 0.4) is 0 Å². The van der Waals surface area contributed by atoms with Gasteiger partial charge in [0.2, 0.25) is 0 Å². The van der Waals surface area contributed by atoms with Crippen molar-refractivity contribution in [3.8, 4) is 0 Å². The van der Waals surface area contributed by atoms with Crippen molar-refractivity contribution < 1.29 is 0 Å². The lowest BCUT2D eigenvalue weighted by atomic mass is 9.98. The molecule has 4 nitrogen and oxygen atoms in total. The van der Waals surface area contributed by atoms with Gasteiger partial charge in [0.05, 0.1) is 12.2 Å². The molecule has 2 rings (SSSR count). The molecule has 1 atom stereocenters. The molecule has 1 heterocycles. The number of hydrogen-bond donors (Lipinski definition) is 1. The number of rotatable bonds is 3. The van der Waals surface area contributed by atoms with Crippen molar-refractivity contribution in [1.29, 1.82) is 0 Å². The van der Waals surface area contributed by atoms with Crippen molar-refractivity contribution in [1.82, 2.24) is 15.0 Å². The van der Waals surface area contributed by atoms with Crippen molar-refractivity contribution in [2.75, 3.05) is 0 Å². The van der Waals surface area contributed by atoms with Crippen LogP contribution in [0.5, 0.6) is 0 Å². The maximum absolute atomic E-state index is 6.14. The van der Waals surface area contributed by atoms with Gasteiger partial charge in [-0.2, -0.15) is 0 Å². The largest absolute Gasteiger partial charge is 0.319 e. The maximum Gasteiger partial charge on any atom is 0.104 e. The van der Waals surface area contributed by atoms with E-state index in [0.717, 1.165) is 11.3 Å². The molecule has 0 amide bonds. The summed E-state index contributed by atoms with van der Waals surface area (Å²) in [6, 6.07) is 8.17. The van der Waals surface area contributed by atoms with Gasteiger partial charge in [0.25, 0.3) is 0 Å². The molecule has 17 heavy (non-hydrogen) atoms. The zero-order valence-corrected chi connectivity index (χ0v) is 10.5. The fourth-order valence-electron chi connectivity index (χ4n) is 1.77. The van der Waals surface area contributed by atoms with E-state index >= 15 is 0 Å². The van der Waals surface area contributed by atoms with Gasteiger partial charge in [-0.25, -0.2) is 0 Å². The van der Waals surface area contributed by atoms with Crippen LogP contribution in [0.4, 0.5) is 0 Å². The highest BCUT2D eigenvalue weighted by Crippen LogP contribution is 2.20. The zero-order chi connectivity index (χ0) is 12.4. The van der Waals surface area contributed by atoms with E-state index in [9.17, 15) is 0 Å². The third-order valence-corrected chi connectivity index (χ3v) is 2.90. The predicted molar refractivity (Wildman–Crippen MR) is 67.6 cm³/mol. The summed E-state index contributed by atoms with van der Waals surface area (Å²) in [5.41, 5.74) is 9.32. The lowest BCUT2D eigenvalue weighted by Crippen LogP contribution is -2.12. The van der Waals surface area contributed by atoms with E-state index < -0.39 is 0 Å². The Bertz CT molecular complexity index is 484. The van der Waals surface area contributed by atoms with Crippen molar-refractivity contribution in [3.63, 3.8) is 0 Å². The van der Waals surface area contributed by atoms with E-state index in [-0.39, 0.29) is 6.04 Å². The first kappa shape index (κ1) is 11.8. The Kier molecular flexibility index (Phi) is 3.24. The van der Waals surface area contributed by atoms with E-state index in [1.165, 1.54) is 5.56 Å². The first-order valence-electron chi connectivity index (χ1n) is 5.79. The van der Waals surface area contributed by atoms with Crippen LogP contribution in [0.1, 0.15) is 42.6 Å². The maximum atomic E-state index is 6.14. The quantitative estimate of drug-likeness (QED) is 0.877. The minimum Gasteiger partial charge on any atom is -0.319 e. The van der Waals surface area contributed by atoms with Crippen LogP contribution >= 0.6 is 0 Å². The molecule has 0 aliphatic rings. The van der Waals surface area contributed by atoms with Gasteiger partial charge in [-0.15, -0.1) is 5.10 Å². The molecule has 0 fully saturated rings. The first-order valence-corrected chi connectivity index (χ1v) is 5.79. The minimum atomic E-state index is -0.204. The third kappa shape index (κ3) is 2.53. The molecule has 0 bridgehead atoms. The highest BCUT2D eigenvalue weighted by molar-refractivity contribution is 5.30. The summed E-state index contributed by atoms with van der Waals surface area (Å²) < 4.78 is 1.66. The number of nitrogens with zero attached hydrogens (tertiary/aromatic N) is 3. The summed E-state index contributed by atoms with van der Waals surface area (Å²) in [7, 11) is 1.84. The molecule has 1 aromatic carbocycles. The molecule has 0 aliphatic heterocycles. The number of aromatic nitrogens is 3. The standard InChI is InChI=1S/C13H18N4/c1-9(2)10-4-6-11(7-5-10)13(14)12-8-17(3)16-15-12/h4-9,13H,14H2,1-3H3. The summed E-state index contributed by atoms with van der Waals surface area (Å²) in [4.78, 5) is 0. The Hall–Kier alpha value is -1.68. The number of hydrogen-bond acceptors (Lipinski definition) is 3. The molecule has 0 radical (unpaired) electrons. The summed E-state index contributed by atoms with van der Waals surface area (Å²) in [5, 5.41) is 7.93. The lowest BCUT2D eigenvalue weighted by Gasteiger charge is -2.11. The third-order valence-electron chi connectivity index (χ3n) is 2.90. The smallest absolute Gasteiger partial charge is 0.104 e. The predicted octanol–water partition coefficient (Wildman–Crippen LogP) is 1.99. The minimum absolute atomic E-state index is 0.204. The highest BCUT2D eigenvalue weighted by Gasteiger charge is 2.12. The summed E-state index contributed by atoms with van der Waals surface area (Å²) in [6.45, 7) is 4.36. The molecule has 4 heteroatoms. The first-order chi connectivity index (χ1) is 8.08. The molecule has 2 N–H and O–H groups in total. The van der Waals surface area contributed by atoms with Crippen LogP contribution < -0.4 is 5.73 Å². The van der Waals surface area contributed by atoms with Gasteiger partial charge in [0.1, 0.15) is 5.69 Å².